The molecule has 0 spiro atoms. The van der Waals surface area contributed by atoms with Crippen molar-refractivity contribution in [2.45, 2.75) is 45.1 Å². The summed E-state index contributed by atoms with van der Waals surface area (Å²) in [4.78, 5) is 17.2. The van der Waals surface area contributed by atoms with Crippen LogP contribution in [0.15, 0.2) is 23.7 Å². The Balaban J connectivity index is 1.52. The van der Waals surface area contributed by atoms with E-state index in [0.717, 1.165) is 10.6 Å². The lowest BCUT2D eigenvalue weighted by atomic mass is 10.1. The molecule has 1 heterocycles. The van der Waals surface area contributed by atoms with Gasteiger partial charge < -0.3 is 5.32 Å². The quantitative estimate of drug-likeness (QED) is 0.882. The van der Waals surface area contributed by atoms with Crippen LogP contribution in [-0.4, -0.2) is 10.9 Å². The number of benzene rings is 1. The molecule has 5 heteroatoms. The van der Waals surface area contributed by atoms with Gasteiger partial charge >= 0.3 is 0 Å². The number of nitrogens with one attached hydrogen (secondary N) is 1. The predicted molar refractivity (Wildman–Crippen MR) is 85.4 cm³/mol. The maximum atomic E-state index is 13.8. The van der Waals surface area contributed by atoms with Gasteiger partial charge in [-0.3, -0.25) is 4.79 Å². The topological polar surface area (TPSA) is 42.0 Å². The summed E-state index contributed by atoms with van der Waals surface area (Å²) < 4.78 is 13.8. The lowest BCUT2D eigenvalue weighted by molar-refractivity contribution is -0.121. The zero-order chi connectivity index (χ0) is 15.5. The molecule has 1 N–H and O–H groups in total. The first-order chi connectivity index (χ1) is 10.6. The number of hydrogen-bond acceptors (Lipinski definition) is 3. The first-order valence-corrected chi connectivity index (χ1v) is 8.45. The van der Waals surface area contributed by atoms with Gasteiger partial charge in [0.25, 0.3) is 0 Å². The number of thiazole rings is 1. The summed E-state index contributed by atoms with van der Waals surface area (Å²) in [5, 5.41) is 2.81. The van der Waals surface area contributed by atoms with Gasteiger partial charge in [0, 0.05) is 23.4 Å². The van der Waals surface area contributed by atoms with Gasteiger partial charge in [0.05, 0.1) is 11.2 Å². The second-order valence-corrected chi connectivity index (χ2v) is 6.70. The van der Waals surface area contributed by atoms with E-state index in [9.17, 15) is 9.18 Å². The van der Waals surface area contributed by atoms with E-state index >= 15 is 0 Å². The van der Waals surface area contributed by atoms with Crippen LogP contribution in [0.1, 0.15) is 46.9 Å². The van der Waals surface area contributed by atoms with Crippen LogP contribution in [0.2, 0.25) is 0 Å². The van der Waals surface area contributed by atoms with Crippen molar-refractivity contribution in [3.05, 3.63) is 51.2 Å². The summed E-state index contributed by atoms with van der Waals surface area (Å²) >= 11 is 1.57. The Morgan fingerprint density at radius 1 is 1.45 bits per heavy atom. The zero-order valence-corrected chi connectivity index (χ0v) is 13.4. The standard InChI is InChI=1S/C17H19FN2OS/c1-11-16(22-10-20-11)6-7-17(21)19-9-14-8-13(12-2-3-12)4-5-15(14)18/h4-5,8,10,12H,2-3,6-7,9H2,1H3,(H,19,21). The molecule has 0 saturated heterocycles. The fraction of sp³-hybridized carbons (Fsp3) is 0.412. The fourth-order valence-electron chi connectivity index (χ4n) is 2.48. The minimum absolute atomic E-state index is 0.0518. The summed E-state index contributed by atoms with van der Waals surface area (Å²) in [7, 11) is 0. The van der Waals surface area contributed by atoms with Gasteiger partial charge in [-0.15, -0.1) is 11.3 Å². The van der Waals surface area contributed by atoms with Crippen molar-refractivity contribution in [2.24, 2.45) is 0 Å². The molecule has 1 fully saturated rings. The number of rotatable bonds is 6. The van der Waals surface area contributed by atoms with Crippen molar-refractivity contribution in [3.63, 3.8) is 0 Å². The highest BCUT2D eigenvalue weighted by Crippen LogP contribution is 2.40. The Kier molecular flexibility index (Phi) is 4.52. The van der Waals surface area contributed by atoms with E-state index in [-0.39, 0.29) is 18.3 Å². The van der Waals surface area contributed by atoms with Gasteiger partial charge in [-0.05, 0) is 43.7 Å². The van der Waals surface area contributed by atoms with Crippen molar-refractivity contribution >= 4 is 17.2 Å². The summed E-state index contributed by atoms with van der Waals surface area (Å²) in [5.41, 5.74) is 4.54. The largest absolute Gasteiger partial charge is 0.352 e. The molecule has 0 aliphatic heterocycles. The number of hydrogen-bond donors (Lipinski definition) is 1. The van der Waals surface area contributed by atoms with Gasteiger partial charge in [-0.25, -0.2) is 9.37 Å². The third kappa shape index (κ3) is 3.71. The third-order valence-electron chi connectivity index (χ3n) is 4.02. The van der Waals surface area contributed by atoms with Crippen molar-refractivity contribution in [2.75, 3.05) is 0 Å². The van der Waals surface area contributed by atoms with Crippen LogP contribution in [0.5, 0.6) is 0 Å². The molecule has 1 aliphatic carbocycles. The molecule has 116 valence electrons. The maximum Gasteiger partial charge on any atom is 0.220 e. The van der Waals surface area contributed by atoms with Gasteiger partial charge in [-0.2, -0.15) is 0 Å². The van der Waals surface area contributed by atoms with Gasteiger partial charge in [0.2, 0.25) is 5.91 Å². The number of amides is 1. The monoisotopic (exact) mass is 318 g/mol. The second kappa shape index (κ2) is 6.57. The summed E-state index contributed by atoms with van der Waals surface area (Å²) in [6, 6.07) is 5.25. The minimum Gasteiger partial charge on any atom is -0.352 e. The van der Waals surface area contributed by atoms with Gasteiger partial charge in [-0.1, -0.05) is 12.1 Å². The molecule has 0 unspecified atom stereocenters. The fourth-order valence-corrected chi connectivity index (χ4v) is 3.26. The van der Waals surface area contributed by atoms with E-state index in [4.69, 9.17) is 0 Å². The average molecular weight is 318 g/mol. The Labute approximate surface area is 133 Å². The second-order valence-electron chi connectivity index (χ2n) is 5.76. The van der Waals surface area contributed by atoms with E-state index in [1.54, 1.807) is 16.8 Å². The molecule has 22 heavy (non-hydrogen) atoms. The van der Waals surface area contributed by atoms with Crippen LogP contribution >= 0.6 is 11.3 Å². The van der Waals surface area contributed by atoms with Crippen LogP contribution in [-0.2, 0) is 17.8 Å². The Bertz CT molecular complexity index is 679. The van der Waals surface area contributed by atoms with Crippen molar-refractivity contribution in [3.8, 4) is 0 Å². The molecule has 0 radical (unpaired) electrons. The molecule has 2 aromatic rings. The minimum atomic E-state index is -0.247. The zero-order valence-electron chi connectivity index (χ0n) is 12.6. The van der Waals surface area contributed by atoms with Crippen LogP contribution in [0.3, 0.4) is 0 Å². The van der Waals surface area contributed by atoms with Crippen LogP contribution in [0, 0.1) is 12.7 Å². The number of aryl methyl sites for hydroxylation is 2. The molecule has 1 saturated carbocycles. The summed E-state index contributed by atoms with van der Waals surface area (Å²) in [6.45, 7) is 2.20. The SMILES string of the molecule is Cc1ncsc1CCC(=O)NCc1cc(C2CC2)ccc1F. The number of aromatic nitrogens is 1. The summed E-state index contributed by atoms with van der Waals surface area (Å²) in [5.74, 6) is 0.288. The van der Waals surface area contributed by atoms with Crippen LogP contribution < -0.4 is 5.32 Å². The van der Waals surface area contributed by atoms with Crippen LogP contribution in [0.4, 0.5) is 4.39 Å². The molecule has 1 aromatic heterocycles. The van der Waals surface area contributed by atoms with E-state index in [1.165, 1.54) is 24.5 Å². The smallest absolute Gasteiger partial charge is 0.220 e. The van der Waals surface area contributed by atoms with Crippen molar-refractivity contribution < 1.29 is 9.18 Å². The van der Waals surface area contributed by atoms with E-state index in [2.05, 4.69) is 10.3 Å². The Morgan fingerprint density at radius 2 is 2.27 bits per heavy atom. The van der Waals surface area contributed by atoms with E-state index < -0.39 is 0 Å². The number of carbonyl (C=O) groups excluding carboxylic acids is 1. The van der Waals surface area contributed by atoms with Crippen molar-refractivity contribution in [1.82, 2.24) is 10.3 Å². The molecule has 1 amide bonds. The number of halogens is 1. The molecule has 0 atom stereocenters. The summed E-state index contributed by atoms with van der Waals surface area (Å²) in [6.07, 6.45) is 3.47. The maximum absolute atomic E-state index is 13.8. The number of nitrogens with zero attached hydrogens (tertiary/aromatic N) is 1. The van der Waals surface area contributed by atoms with E-state index in [0.29, 0.717) is 24.3 Å². The molecular formula is C17H19FN2OS. The molecule has 1 aromatic carbocycles. The molecular weight excluding hydrogens is 299 g/mol. The lowest BCUT2D eigenvalue weighted by Gasteiger charge is -2.08. The average Bonchev–Trinajstić information content (AvgIpc) is 3.27. The lowest BCUT2D eigenvalue weighted by Crippen LogP contribution is -2.23. The molecule has 1 aliphatic rings. The van der Waals surface area contributed by atoms with E-state index in [1.807, 2.05) is 19.1 Å². The Hall–Kier alpha value is -1.75. The molecule has 0 bridgehead atoms. The molecule has 3 rings (SSSR count). The number of carbonyl (C=O) groups is 1. The normalized spacial score (nSPS) is 14.1. The Morgan fingerprint density at radius 3 is 2.95 bits per heavy atom. The van der Waals surface area contributed by atoms with Gasteiger partial charge in [0.1, 0.15) is 5.82 Å². The third-order valence-corrected chi connectivity index (χ3v) is 5.01. The molecule has 3 nitrogen and oxygen atoms in total. The van der Waals surface area contributed by atoms with Gasteiger partial charge in [0.15, 0.2) is 0 Å². The first kappa shape index (κ1) is 15.2. The van der Waals surface area contributed by atoms with Crippen LogP contribution in [0.25, 0.3) is 0 Å². The first-order valence-electron chi connectivity index (χ1n) is 7.57. The highest BCUT2D eigenvalue weighted by Gasteiger charge is 2.24. The predicted octanol–water partition coefficient (Wildman–Crippen LogP) is 3.72. The highest BCUT2D eigenvalue weighted by molar-refractivity contribution is 7.09. The van der Waals surface area contributed by atoms with Crippen molar-refractivity contribution in [1.29, 1.82) is 0 Å². The highest BCUT2D eigenvalue weighted by atomic mass is 32.1.